The first-order chi connectivity index (χ1) is 8.85. The summed E-state index contributed by atoms with van der Waals surface area (Å²) in [6, 6.07) is 3.39. The summed E-state index contributed by atoms with van der Waals surface area (Å²) in [6.07, 6.45) is 0. The van der Waals surface area contributed by atoms with Crippen molar-refractivity contribution in [1.29, 1.82) is 0 Å². The van der Waals surface area contributed by atoms with E-state index in [1.807, 2.05) is 25.7 Å². The highest BCUT2D eigenvalue weighted by molar-refractivity contribution is 6.42. The van der Waals surface area contributed by atoms with Crippen LogP contribution in [0, 0.1) is 0 Å². The Morgan fingerprint density at radius 3 is 2.47 bits per heavy atom. The molecular weight excluding hydrogens is 285 g/mol. The van der Waals surface area contributed by atoms with Crippen molar-refractivity contribution in [2.24, 2.45) is 0 Å². The number of carbonyl (C=O) groups excluding carboxylic acids is 1. The molecule has 0 fully saturated rings. The third-order valence-electron chi connectivity index (χ3n) is 2.58. The van der Waals surface area contributed by atoms with Crippen molar-refractivity contribution in [3.63, 3.8) is 0 Å². The largest absolute Gasteiger partial charge is 0.397 e. The number of nitrogens with one attached hydrogen (secondary N) is 1. The summed E-state index contributed by atoms with van der Waals surface area (Å²) in [5.74, 6) is -0.0534. The van der Waals surface area contributed by atoms with Crippen LogP contribution in [0.15, 0.2) is 12.1 Å². The van der Waals surface area contributed by atoms with Gasteiger partial charge in [-0.1, -0.05) is 23.2 Å². The molecule has 0 bridgehead atoms. The van der Waals surface area contributed by atoms with Crippen molar-refractivity contribution in [2.75, 3.05) is 23.7 Å². The van der Waals surface area contributed by atoms with Crippen molar-refractivity contribution in [1.82, 2.24) is 5.32 Å². The Kier molecular flexibility index (Phi) is 5.76. The Hall–Kier alpha value is -1.13. The van der Waals surface area contributed by atoms with Crippen molar-refractivity contribution in [3.8, 4) is 0 Å². The second-order valence-corrected chi connectivity index (χ2v) is 5.38. The zero-order valence-electron chi connectivity index (χ0n) is 11.3. The smallest absolute Gasteiger partial charge is 0.239 e. The molecule has 0 aliphatic heterocycles. The van der Waals surface area contributed by atoms with Crippen LogP contribution in [-0.2, 0) is 4.79 Å². The van der Waals surface area contributed by atoms with Gasteiger partial charge in [0, 0.05) is 12.6 Å². The number of hydrogen-bond donors (Lipinski definition) is 2. The number of nitrogens with two attached hydrogens (primary N) is 1. The van der Waals surface area contributed by atoms with E-state index < -0.39 is 0 Å². The van der Waals surface area contributed by atoms with Gasteiger partial charge in [0.05, 0.1) is 28.0 Å². The predicted octanol–water partition coefficient (Wildman–Crippen LogP) is 2.93. The summed E-state index contributed by atoms with van der Waals surface area (Å²) < 4.78 is 0. The molecule has 0 aliphatic carbocycles. The lowest BCUT2D eigenvalue weighted by Gasteiger charge is -2.25. The Bertz CT molecular complexity index is 463. The van der Waals surface area contributed by atoms with E-state index >= 15 is 0 Å². The molecule has 1 rings (SSSR count). The van der Waals surface area contributed by atoms with Crippen molar-refractivity contribution in [3.05, 3.63) is 22.2 Å². The molecule has 0 aromatic heterocycles. The molecule has 4 nitrogen and oxygen atoms in total. The fraction of sp³-hybridized carbons (Fsp3) is 0.462. The molecule has 3 N–H and O–H groups in total. The topological polar surface area (TPSA) is 58.4 Å². The average molecular weight is 304 g/mol. The van der Waals surface area contributed by atoms with Crippen molar-refractivity contribution >= 4 is 40.5 Å². The van der Waals surface area contributed by atoms with Crippen LogP contribution >= 0.6 is 23.2 Å². The molecule has 0 saturated carbocycles. The number of hydrogen-bond acceptors (Lipinski definition) is 3. The lowest BCUT2D eigenvalue weighted by Crippen LogP contribution is -2.40. The molecular formula is C13H19Cl2N3O. The average Bonchev–Trinajstić information content (AvgIpc) is 2.30. The van der Waals surface area contributed by atoms with Gasteiger partial charge in [-0.05, 0) is 32.9 Å². The zero-order valence-corrected chi connectivity index (χ0v) is 12.8. The van der Waals surface area contributed by atoms with Gasteiger partial charge in [-0.2, -0.15) is 0 Å². The zero-order chi connectivity index (χ0) is 14.6. The molecule has 106 valence electrons. The third-order valence-corrected chi connectivity index (χ3v) is 3.30. The number of likely N-dealkylation sites (N-methyl/N-ethyl adjacent to an activating group) is 1. The number of rotatable bonds is 5. The number of halogens is 2. The highest BCUT2D eigenvalue weighted by Gasteiger charge is 2.15. The molecule has 1 amide bonds. The highest BCUT2D eigenvalue weighted by Crippen LogP contribution is 2.32. The van der Waals surface area contributed by atoms with Crippen molar-refractivity contribution in [2.45, 2.75) is 26.8 Å². The van der Waals surface area contributed by atoms with Gasteiger partial charge in [-0.25, -0.2) is 0 Å². The fourth-order valence-corrected chi connectivity index (χ4v) is 2.06. The maximum Gasteiger partial charge on any atom is 0.239 e. The van der Waals surface area contributed by atoms with E-state index in [-0.39, 0.29) is 18.5 Å². The first-order valence-electron chi connectivity index (χ1n) is 6.14. The minimum Gasteiger partial charge on any atom is -0.397 e. The van der Waals surface area contributed by atoms with Gasteiger partial charge in [0.2, 0.25) is 5.91 Å². The van der Waals surface area contributed by atoms with Crippen LogP contribution in [0.5, 0.6) is 0 Å². The predicted molar refractivity (Wildman–Crippen MR) is 82.0 cm³/mol. The minimum absolute atomic E-state index is 0.0534. The van der Waals surface area contributed by atoms with Gasteiger partial charge in [-0.3, -0.25) is 4.79 Å². The maximum absolute atomic E-state index is 11.8. The van der Waals surface area contributed by atoms with Crippen LogP contribution in [0.4, 0.5) is 11.4 Å². The molecule has 0 spiro atoms. The molecule has 0 radical (unpaired) electrons. The second kappa shape index (κ2) is 6.87. The molecule has 19 heavy (non-hydrogen) atoms. The first-order valence-corrected chi connectivity index (χ1v) is 6.89. The number of nitrogen functional groups attached to an aromatic ring is 1. The fourth-order valence-electron chi connectivity index (χ4n) is 1.73. The summed E-state index contributed by atoms with van der Waals surface area (Å²) in [7, 11) is 0. The normalized spacial score (nSPS) is 10.6. The van der Waals surface area contributed by atoms with E-state index in [0.717, 1.165) is 5.69 Å². The van der Waals surface area contributed by atoms with Crippen LogP contribution in [0.25, 0.3) is 0 Å². The summed E-state index contributed by atoms with van der Waals surface area (Å²) in [6.45, 7) is 6.67. The van der Waals surface area contributed by atoms with E-state index in [9.17, 15) is 4.79 Å². The van der Waals surface area contributed by atoms with Crippen LogP contribution < -0.4 is 16.0 Å². The Morgan fingerprint density at radius 2 is 1.95 bits per heavy atom. The number of nitrogens with zero attached hydrogens (tertiary/aromatic N) is 1. The standard InChI is InChI=1S/C13H19Cl2N3O/c1-4-18(7-13(19)17-8(2)3)12-6-10(15)9(14)5-11(12)16/h5-6,8H,4,7,16H2,1-3H3,(H,17,19). The Labute approximate surface area is 123 Å². The van der Waals surface area contributed by atoms with Crippen molar-refractivity contribution < 1.29 is 4.79 Å². The Balaban J connectivity index is 2.91. The van der Waals surface area contributed by atoms with E-state index in [1.54, 1.807) is 12.1 Å². The molecule has 6 heteroatoms. The highest BCUT2D eigenvalue weighted by atomic mass is 35.5. The third kappa shape index (κ3) is 4.48. The molecule has 1 aromatic carbocycles. The van der Waals surface area contributed by atoms with Crippen LogP contribution in [0.2, 0.25) is 10.0 Å². The number of benzene rings is 1. The van der Waals surface area contributed by atoms with Gasteiger partial charge >= 0.3 is 0 Å². The van der Waals surface area contributed by atoms with E-state index in [0.29, 0.717) is 22.3 Å². The minimum atomic E-state index is -0.0534. The van der Waals surface area contributed by atoms with E-state index in [1.165, 1.54) is 0 Å². The number of carbonyl (C=O) groups is 1. The number of amides is 1. The molecule has 0 heterocycles. The SMILES string of the molecule is CCN(CC(=O)NC(C)C)c1cc(Cl)c(Cl)cc1N. The molecule has 0 saturated heterocycles. The van der Waals surface area contributed by atoms with Gasteiger partial charge in [0.15, 0.2) is 0 Å². The molecule has 0 aliphatic rings. The first kappa shape index (κ1) is 15.9. The quantitative estimate of drug-likeness (QED) is 0.822. The summed E-state index contributed by atoms with van der Waals surface area (Å²) in [4.78, 5) is 13.7. The Morgan fingerprint density at radius 1 is 1.37 bits per heavy atom. The number of anilines is 2. The van der Waals surface area contributed by atoms with Gasteiger partial charge in [0.25, 0.3) is 0 Å². The molecule has 1 aromatic rings. The molecule has 0 atom stereocenters. The summed E-state index contributed by atoms with van der Waals surface area (Å²) >= 11 is 11.9. The molecule has 0 unspecified atom stereocenters. The van der Waals surface area contributed by atoms with E-state index in [2.05, 4.69) is 5.32 Å². The second-order valence-electron chi connectivity index (χ2n) is 4.56. The lowest BCUT2D eigenvalue weighted by molar-refractivity contribution is -0.120. The maximum atomic E-state index is 11.8. The van der Waals surface area contributed by atoms with Crippen LogP contribution in [0.3, 0.4) is 0 Å². The van der Waals surface area contributed by atoms with Gasteiger partial charge < -0.3 is 16.0 Å². The van der Waals surface area contributed by atoms with Crippen LogP contribution in [-0.4, -0.2) is 25.0 Å². The summed E-state index contributed by atoms with van der Waals surface area (Å²) in [5, 5.41) is 3.67. The van der Waals surface area contributed by atoms with Crippen LogP contribution in [0.1, 0.15) is 20.8 Å². The van der Waals surface area contributed by atoms with Gasteiger partial charge in [-0.15, -0.1) is 0 Å². The van der Waals surface area contributed by atoms with E-state index in [4.69, 9.17) is 28.9 Å². The monoisotopic (exact) mass is 303 g/mol. The summed E-state index contributed by atoms with van der Waals surface area (Å²) in [5.41, 5.74) is 7.15. The lowest BCUT2D eigenvalue weighted by atomic mass is 10.2. The van der Waals surface area contributed by atoms with Gasteiger partial charge in [0.1, 0.15) is 0 Å².